The van der Waals surface area contributed by atoms with Gasteiger partial charge < -0.3 is 10.1 Å². The lowest BCUT2D eigenvalue weighted by Crippen LogP contribution is -2.36. The first-order valence-corrected chi connectivity index (χ1v) is 6.90. The Balaban J connectivity index is 1.68. The minimum atomic E-state index is -0.264. The summed E-state index contributed by atoms with van der Waals surface area (Å²) in [6, 6.07) is 0. The highest BCUT2D eigenvalue weighted by Gasteiger charge is 2.16. The summed E-state index contributed by atoms with van der Waals surface area (Å²) in [7, 11) is 1.72. The van der Waals surface area contributed by atoms with Crippen LogP contribution in [-0.2, 0) is 23.1 Å². The fourth-order valence-corrected chi connectivity index (χ4v) is 2.42. The van der Waals surface area contributed by atoms with Crippen molar-refractivity contribution in [2.24, 2.45) is 7.05 Å². The summed E-state index contributed by atoms with van der Waals surface area (Å²) in [5, 5.41) is 7.18. The van der Waals surface area contributed by atoms with Gasteiger partial charge in [0.1, 0.15) is 18.3 Å². The van der Waals surface area contributed by atoms with E-state index in [0.29, 0.717) is 17.6 Å². The van der Waals surface area contributed by atoms with Crippen LogP contribution in [0.1, 0.15) is 12.8 Å². The van der Waals surface area contributed by atoms with Gasteiger partial charge in [-0.1, -0.05) is 0 Å². The van der Waals surface area contributed by atoms with Gasteiger partial charge in [-0.05, 0) is 12.8 Å². The first-order valence-electron chi connectivity index (χ1n) is 6.90. The van der Waals surface area contributed by atoms with Crippen molar-refractivity contribution in [2.75, 3.05) is 13.2 Å². The maximum atomic E-state index is 12.2. The maximum absolute atomic E-state index is 12.2. The summed E-state index contributed by atoms with van der Waals surface area (Å²) >= 11 is 0. The highest BCUT2D eigenvalue weighted by Crippen LogP contribution is 2.10. The average molecular weight is 291 g/mol. The second kappa shape index (κ2) is 5.65. The predicted octanol–water partition coefficient (Wildman–Crippen LogP) is -0.575. The van der Waals surface area contributed by atoms with Crippen molar-refractivity contribution in [3.8, 4) is 0 Å². The van der Waals surface area contributed by atoms with Crippen LogP contribution < -0.4 is 10.9 Å². The summed E-state index contributed by atoms with van der Waals surface area (Å²) < 4.78 is 8.24. The lowest BCUT2D eigenvalue weighted by atomic mass is 10.2. The Morgan fingerprint density at radius 3 is 3.19 bits per heavy atom. The standard InChI is InChI=1S/C13H17N5O3/c1-17-12-10(6-16-17)13(20)18(8-15-12)7-11(19)14-5-9-3-2-4-21-9/h6,8-9H,2-5,7H2,1H3,(H,14,19)/t9-/m0/s1. The van der Waals surface area contributed by atoms with Crippen LogP contribution in [0.2, 0.25) is 0 Å². The lowest BCUT2D eigenvalue weighted by molar-refractivity contribution is -0.122. The molecule has 8 nitrogen and oxygen atoms in total. The fraction of sp³-hybridized carbons (Fsp3) is 0.538. The number of amides is 1. The molecular formula is C13H17N5O3. The molecule has 0 bridgehead atoms. The van der Waals surface area contributed by atoms with Gasteiger partial charge in [-0.3, -0.25) is 18.8 Å². The highest BCUT2D eigenvalue weighted by molar-refractivity contribution is 5.77. The molecule has 1 N–H and O–H groups in total. The van der Waals surface area contributed by atoms with Crippen molar-refractivity contribution < 1.29 is 9.53 Å². The zero-order chi connectivity index (χ0) is 14.8. The van der Waals surface area contributed by atoms with E-state index in [1.165, 1.54) is 21.8 Å². The second-order valence-electron chi connectivity index (χ2n) is 5.12. The zero-order valence-electron chi connectivity index (χ0n) is 11.8. The van der Waals surface area contributed by atoms with Gasteiger partial charge in [-0.15, -0.1) is 0 Å². The average Bonchev–Trinajstić information content (AvgIpc) is 3.10. The zero-order valence-corrected chi connectivity index (χ0v) is 11.8. The molecule has 8 heteroatoms. The molecule has 1 atom stereocenters. The van der Waals surface area contributed by atoms with Gasteiger partial charge in [-0.2, -0.15) is 5.10 Å². The van der Waals surface area contributed by atoms with Gasteiger partial charge in [0.2, 0.25) is 5.91 Å². The van der Waals surface area contributed by atoms with Crippen LogP contribution in [-0.4, -0.2) is 44.5 Å². The number of aromatic nitrogens is 4. The molecule has 1 aliphatic heterocycles. The van der Waals surface area contributed by atoms with Crippen molar-refractivity contribution in [3.63, 3.8) is 0 Å². The Labute approximate surface area is 120 Å². The minimum Gasteiger partial charge on any atom is -0.376 e. The first kappa shape index (κ1) is 13.7. The van der Waals surface area contributed by atoms with E-state index in [9.17, 15) is 9.59 Å². The molecule has 3 heterocycles. The molecule has 0 unspecified atom stereocenters. The molecule has 1 fully saturated rings. The van der Waals surface area contributed by atoms with Gasteiger partial charge in [0.05, 0.1) is 12.3 Å². The van der Waals surface area contributed by atoms with E-state index in [4.69, 9.17) is 4.74 Å². The Bertz CT molecular complexity index is 714. The number of carbonyl (C=O) groups excluding carboxylic acids is 1. The van der Waals surface area contributed by atoms with Gasteiger partial charge >= 0.3 is 0 Å². The number of hydrogen-bond donors (Lipinski definition) is 1. The number of rotatable bonds is 4. The Kier molecular flexibility index (Phi) is 3.70. The van der Waals surface area contributed by atoms with E-state index in [2.05, 4.69) is 15.4 Å². The topological polar surface area (TPSA) is 91.0 Å². The molecule has 1 amide bonds. The molecule has 3 rings (SSSR count). The van der Waals surface area contributed by atoms with Crippen LogP contribution in [0, 0.1) is 0 Å². The van der Waals surface area contributed by atoms with Crippen molar-refractivity contribution in [2.45, 2.75) is 25.5 Å². The quantitative estimate of drug-likeness (QED) is 0.814. The molecule has 112 valence electrons. The molecule has 21 heavy (non-hydrogen) atoms. The third kappa shape index (κ3) is 2.80. The number of aryl methyl sites for hydroxylation is 1. The van der Waals surface area contributed by atoms with Crippen LogP contribution in [0.4, 0.5) is 0 Å². The van der Waals surface area contributed by atoms with Gasteiger partial charge in [-0.25, -0.2) is 4.98 Å². The highest BCUT2D eigenvalue weighted by atomic mass is 16.5. The number of ether oxygens (including phenoxy) is 1. The molecule has 0 aliphatic carbocycles. The maximum Gasteiger partial charge on any atom is 0.264 e. The van der Waals surface area contributed by atoms with E-state index < -0.39 is 0 Å². The number of fused-ring (bicyclic) bond motifs is 1. The normalized spacial score (nSPS) is 18.2. The van der Waals surface area contributed by atoms with E-state index in [0.717, 1.165) is 19.4 Å². The van der Waals surface area contributed by atoms with Crippen molar-refractivity contribution in [3.05, 3.63) is 22.9 Å². The van der Waals surface area contributed by atoms with E-state index in [1.807, 2.05) is 0 Å². The van der Waals surface area contributed by atoms with Crippen molar-refractivity contribution in [1.82, 2.24) is 24.6 Å². The van der Waals surface area contributed by atoms with Crippen LogP contribution in [0.5, 0.6) is 0 Å². The third-order valence-corrected chi connectivity index (χ3v) is 3.58. The Morgan fingerprint density at radius 1 is 1.57 bits per heavy atom. The summed E-state index contributed by atoms with van der Waals surface area (Å²) in [5.41, 5.74) is 0.247. The van der Waals surface area contributed by atoms with E-state index in [-0.39, 0.29) is 24.1 Å². The minimum absolute atomic E-state index is 0.0522. The number of carbonyl (C=O) groups is 1. The molecular weight excluding hydrogens is 274 g/mol. The van der Waals surface area contributed by atoms with Gasteiger partial charge in [0.25, 0.3) is 5.56 Å². The second-order valence-corrected chi connectivity index (χ2v) is 5.12. The Hall–Kier alpha value is -2.22. The van der Waals surface area contributed by atoms with E-state index >= 15 is 0 Å². The van der Waals surface area contributed by atoms with Crippen LogP contribution >= 0.6 is 0 Å². The SMILES string of the molecule is Cn1ncc2c(=O)n(CC(=O)NC[C@@H]3CCCO3)cnc21. The van der Waals surface area contributed by atoms with Crippen molar-refractivity contribution >= 4 is 16.9 Å². The molecule has 0 saturated carbocycles. The summed E-state index contributed by atoms with van der Waals surface area (Å²) in [6.45, 7) is 1.18. The Morgan fingerprint density at radius 2 is 2.43 bits per heavy atom. The molecule has 1 saturated heterocycles. The first-order chi connectivity index (χ1) is 10.1. The van der Waals surface area contributed by atoms with Gasteiger partial charge in [0.15, 0.2) is 5.65 Å². The fourth-order valence-electron chi connectivity index (χ4n) is 2.42. The number of hydrogen-bond acceptors (Lipinski definition) is 5. The van der Waals surface area contributed by atoms with E-state index in [1.54, 1.807) is 7.05 Å². The monoisotopic (exact) mass is 291 g/mol. The van der Waals surface area contributed by atoms with Crippen LogP contribution in [0.3, 0.4) is 0 Å². The molecule has 0 radical (unpaired) electrons. The smallest absolute Gasteiger partial charge is 0.264 e. The van der Waals surface area contributed by atoms with Crippen LogP contribution in [0.25, 0.3) is 11.0 Å². The molecule has 0 spiro atoms. The largest absolute Gasteiger partial charge is 0.376 e. The number of nitrogens with zero attached hydrogens (tertiary/aromatic N) is 4. The van der Waals surface area contributed by atoms with Crippen LogP contribution in [0.15, 0.2) is 17.3 Å². The summed E-state index contributed by atoms with van der Waals surface area (Å²) in [4.78, 5) is 28.2. The molecule has 1 aliphatic rings. The summed E-state index contributed by atoms with van der Waals surface area (Å²) in [5.74, 6) is -0.224. The van der Waals surface area contributed by atoms with Crippen molar-refractivity contribution in [1.29, 1.82) is 0 Å². The number of nitrogens with one attached hydrogen (secondary N) is 1. The summed E-state index contributed by atoms with van der Waals surface area (Å²) in [6.07, 6.45) is 4.92. The van der Waals surface area contributed by atoms with Gasteiger partial charge in [0, 0.05) is 20.2 Å². The lowest BCUT2D eigenvalue weighted by Gasteiger charge is -2.11. The predicted molar refractivity (Wildman–Crippen MR) is 74.8 cm³/mol. The molecule has 0 aromatic carbocycles. The third-order valence-electron chi connectivity index (χ3n) is 3.58. The molecule has 2 aromatic rings. The molecule has 2 aromatic heterocycles.